The number of ketones is 1. The summed E-state index contributed by atoms with van der Waals surface area (Å²) in [7, 11) is 0. The van der Waals surface area contributed by atoms with E-state index >= 15 is 0 Å². The Morgan fingerprint density at radius 3 is 2.95 bits per heavy atom. The van der Waals surface area contributed by atoms with Gasteiger partial charge in [-0.25, -0.2) is 0 Å². The molecule has 1 fully saturated rings. The van der Waals surface area contributed by atoms with Crippen molar-refractivity contribution < 1.29 is 19.0 Å². The highest BCUT2D eigenvalue weighted by Gasteiger charge is 2.21. The van der Waals surface area contributed by atoms with Crippen molar-refractivity contribution in [1.82, 2.24) is 4.90 Å². The molecule has 0 amide bonds. The number of benzene rings is 1. The van der Waals surface area contributed by atoms with E-state index in [1.54, 1.807) is 12.1 Å². The van der Waals surface area contributed by atoms with Crippen molar-refractivity contribution in [2.45, 2.75) is 0 Å². The molecule has 0 spiro atoms. The minimum atomic E-state index is 0.0369. The SMILES string of the molecule is O=C1COc2cc(OCCN3CCOCC3)ccc21. The van der Waals surface area contributed by atoms with Crippen LogP contribution in [-0.2, 0) is 4.74 Å². The Balaban J connectivity index is 1.51. The summed E-state index contributed by atoms with van der Waals surface area (Å²) in [4.78, 5) is 13.7. The monoisotopic (exact) mass is 263 g/mol. The molecule has 2 heterocycles. The minimum absolute atomic E-state index is 0.0369. The van der Waals surface area contributed by atoms with E-state index in [9.17, 15) is 4.79 Å². The van der Waals surface area contributed by atoms with Crippen LogP contribution in [0.15, 0.2) is 18.2 Å². The summed E-state index contributed by atoms with van der Waals surface area (Å²) in [6.45, 7) is 5.19. The van der Waals surface area contributed by atoms with Crippen molar-refractivity contribution in [2.75, 3.05) is 46.1 Å². The highest BCUT2D eigenvalue weighted by atomic mass is 16.5. The zero-order chi connectivity index (χ0) is 13.1. The molecule has 1 aromatic rings. The molecule has 0 atom stereocenters. The molecule has 19 heavy (non-hydrogen) atoms. The Kier molecular flexibility index (Phi) is 3.66. The summed E-state index contributed by atoms with van der Waals surface area (Å²) in [5, 5.41) is 0. The lowest BCUT2D eigenvalue weighted by atomic mass is 10.1. The number of hydrogen-bond donors (Lipinski definition) is 0. The number of carbonyl (C=O) groups is 1. The first-order valence-corrected chi connectivity index (χ1v) is 6.56. The molecule has 0 aliphatic carbocycles. The zero-order valence-electron chi connectivity index (χ0n) is 10.8. The Labute approximate surface area is 112 Å². The molecule has 0 radical (unpaired) electrons. The number of morpholine rings is 1. The third kappa shape index (κ3) is 2.88. The number of Topliss-reactive ketones (excluding diaryl/α,β-unsaturated/α-hetero) is 1. The van der Waals surface area contributed by atoms with E-state index in [1.807, 2.05) is 6.07 Å². The Morgan fingerprint density at radius 2 is 2.11 bits per heavy atom. The van der Waals surface area contributed by atoms with Gasteiger partial charge in [-0.2, -0.15) is 0 Å². The van der Waals surface area contributed by atoms with E-state index in [0.29, 0.717) is 17.9 Å². The van der Waals surface area contributed by atoms with E-state index in [-0.39, 0.29) is 12.4 Å². The fraction of sp³-hybridized carbons (Fsp3) is 0.500. The molecule has 5 heteroatoms. The van der Waals surface area contributed by atoms with E-state index in [1.165, 1.54) is 0 Å². The maximum atomic E-state index is 11.4. The van der Waals surface area contributed by atoms with Crippen LogP contribution in [-0.4, -0.2) is 56.7 Å². The quantitative estimate of drug-likeness (QED) is 0.810. The number of rotatable bonds is 4. The molecule has 0 N–H and O–H groups in total. The Hall–Kier alpha value is -1.59. The van der Waals surface area contributed by atoms with Crippen LogP contribution in [0.4, 0.5) is 0 Å². The largest absolute Gasteiger partial charge is 0.492 e. The average molecular weight is 263 g/mol. The summed E-state index contributed by atoms with van der Waals surface area (Å²) in [5.74, 6) is 1.42. The van der Waals surface area contributed by atoms with Gasteiger partial charge in [0, 0.05) is 25.7 Å². The number of hydrogen-bond acceptors (Lipinski definition) is 5. The van der Waals surface area contributed by atoms with Crippen LogP contribution >= 0.6 is 0 Å². The summed E-state index contributed by atoms with van der Waals surface area (Å²) < 4.78 is 16.3. The lowest BCUT2D eigenvalue weighted by molar-refractivity contribution is 0.0322. The van der Waals surface area contributed by atoms with Crippen molar-refractivity contribution in [2.24, 2.45) is 0 Å². The predicted octanol–water partition coefficient (Wildman–Crippen LogP) is 0.973. The number of carbonyl (C=O) groups excluding carboxylic acids is 1. The van der Waals surface area contributed by atoms with Crippen LogP contribution in [0, 0.1) is 0 Å². The second-order valence-corrected chi connectivity index (χ2v) is 4.67. The van der Waals surface area contributed by atoms with Gasteiger partial charge in [-0.3, -0.25) is 9.69 Å². The summed E-state index contributed by atoms with van der Waals surface area (Å²) >= 11 is 0. The first-order chi connectivity index (χ1) is 9.33. The van der Waals surface area contributed by atoms with Gasteiger partial charge in [0.25, 0.3) is 0 Å². The predicted molar refractivity (Wildman–Crippen MR) is 69.0 cm³/mol. The second-order valence-electron chi connectivity index (χ2n) is 4.67. The van der Waals surface area contributed by atoms with Crippen LogP contribution in [0.5, 0.6) is 11.5 Å². The summed E-state index contributed by atoms with van der Waals surface area (Å²) in [6, 6.07) is 5.39. The van der Waals surface area contributed by atoms with E-state index in [4.69, 9.17) is 14.2 Å². The molecule has 2 aliphatic rings. The zero-order valence-corrected chi connectivity index (χ0v) is 10.8. The van der Waals surface area contributed by atoms with Crippen LogP contribution in [0.3, 0.4) is 0 Å². The smallest absolute Gasteiger partial charge is 0.203 e. The molecule has 0 saturated carbocycles. The number of ether oxygens (including phenoxy) is 3. The lowest BCUT2D eigenvalue weighted by Crippen LogP contribution is -2.38. The lowest BCUT2D eigenvalue weighted by Gasteiger charge is -2.26. The van der Waals surface area contributed by atoms with Gasteiger partial charge in [-0.05, 0) is 12.1 Å². The standard InChI is InChI=1S/C14H17NO4/c16-13-10-19-14-9-11(1-2-12(13)14)18-8-5-15-3-6-17-7-4-15/h1-2,9H,3-8,10H2. The second kappa shape index (κ2) is 5.59. The third-order valence-electron chi connectivity index (χ3n) is 3.39. The van der Waals surface area contributed by atoms with Crippen LogP contribution in [0.25, 0.3) is 0 Å². The van der Waals surface area contributed by atoms with Crippen molar-refractivity contribution in [1.29, 1.82) is 0 Å². The number of fused-ring (bicyclic) bond motifs is 1. The molecule has 5 nitrogen and oxygen atoms in total. The molecule has 0 bridgehead atoms. The van der Waals surface area contributed by atoms with Crippen molar-refractivity contribution in [3.05, 3.63) is 23.8 Å². The molecule has 1 saturated heterocycles. The average Bonchev–Trinajstić information content (AvgIpc) is 2.81. The number of nitrogens with zero attached hydrogens (tertiary/aromatic N) is 1. The van der Waals surface area contributed by atoms with Gasteiger partial charge >= 0.3 is 0 Å². The fourth-order valence-electron chi connectivity index (χ4n) is 2.28. The van der Waals surface area contributed by atoms with E-state index < -0.39 is 0 Å². The van der Waals surface area contributed by atoms with Crippen LogP contribution in [0.2, 0.25) is 0 Å². The normalized spacial score (nSPS) is 19.1. The van der Waals surface area contributed by atoms with Crippen molar-refractivity contribution in [3.63, 3.8) is 0 Å². The Morgan fingerprint density at radius 1 is 1.26 bits per heavy atom. The van der Waals surface area contributed by atoms with Gasteiger partial charge in [-0.1, -0.05) is 0 Å². The molecular formula is C14H17NO4. The molecular weight excluding hydrogens is 246 g/mol. The van der Waals surface area contributed by atoms with E-state index in [0.717, 1.165) is 38.6 Å². The molecule has 0 unspecified atom stereocenters. The molecule has 3 rings (SSSR count). The summed E-state index contributed by atoms with van der Waals surface area (Å²) in [5.41, 5.74) is 0.653. The molecule has 102 valence electrons. The Bertz CT molecular complexity index is 469. The third-order valence-corrected chi connectivity index (χ3v) is 3.39. The van der Waals surface area contributed by atoms with Gasteiger partial charge in [0.05, 0.1) is 18.8 Å². The molecule has 0 aromatic heterocycles. The van der Waals surface area contributed by atoms with Gasteiger partial charge < -0.3 is 14.2 Å². The highest BCUT2D eigenvalue weighted by molar-refractivity contribution is 6.02. The highest BCUT2D eigenvalue weighted by Crippen LogP contribution is 2.29. The molecule has 1 aromatic carbocycles. The van der Waals surface area contributed by atoms with Crippen molar-refractivity contribution in [3.8, 4) is 11.5 Å². The summed E-state index contributed by atoms with van der Waals surface area (Å²) in [6.07, 6.45) is 0. The van der Waals surface area contributed by atoms with Gasteiger partial charge in [-0.15, -0.1) is 0 Å². The topological polar surface area (TPSA) is 48.0 Å². The van der Waals surface area contributed by atoms with Crippen molar-refractivity contribution >= 4 is 5.78 Å². The van der Waals surface area contributed by atoms with Gasteiger partial charge in [0.1, 0.15) is 18.1 Å². The first kappa shape index (κ1) is 12.4. The van der Waals surface area contributed by atoms with Crippen LogP contribution in [0.1, 0.15) is 10.4 Å². The minimum Gasteiger partial charge on any atom is -0.492 e. The molecule has 2 aliphatic heterocycles. The first-order valence-electron chi connectivity index (χ1n) is 6.56. The maximum Gasteiger partial charge on any atom is 0.203 e. The fourth-order valence-corrected chi connectivity index (χ4v) is 2.28. The van der Waals surface area contributed by atoms with Crippen LogP contribution < -0.4 is 9.47 Å². The van der Waals surface area contributed by atoms with Gasteiger partial charge in [0.15, 0.2) is 6.61 Å². The maximum absolute atomic E-state index is 11.4. The van der Waals surface area contributed by atoms with Gasteiger partial charge in [0.2, 0.25) is 5.78 Å². The van der Waals surface area contributed by atoms with E-state index in [2.05, 4.69) is 4.90 Å².